The number of carbonyl (C=O) groups is 2. The Hall–Kier alpha value is -3.00. The lowest BCUT2D eigenvalue weighted by molar-refractivity contribution is -0.152. The smallest absolute Gasteiger partial charge is 0.329 e. The van der Waals surface area contributed by atoms with Crippen molar-refractivity contribution in [3.05, 3.63) is 57.0 Å². The summed E-state index contributed by atoms with van der Waals surface area (Å²) in [6, 6.07) is 6.67. The number of hydrogen-bond acceptors (Lipinski definition) is 6. The molecule has 1 aromatic carbocycles. The molecule has 0 aliphatic heterocycles. The van der Waals surface area contributed by atoms with Gasteiger partial charge in [0.15, 0.2) is 0 Å². The number of para-hydroxylation sites is 1. The second-order valence-corrected chi connectivity index (χ2v) is 8.29. The summed E-state index contributed by atoms with van der Waals surface area (Å²) in [6.45, 7) is 8.96. The quantitative estimate of drug-likeness (QED) is 0.595. The minimum absolute atomic E-state index is 0.230. The summed E-state index contributed by atoms with van der Waals surface area (Å²) in [5, 5.41) is 3.24. The normalized spacial score (nSPS) is 13.1. The van der Waals surface area contributed by atoms with Gasteiger partial charge in [0.1, 0.15) is 10.9 Å². The number of amides is 1. The Kier molecular flexibility index (Phi) is 6.36. The summed E-state index contributed by atoms with van der Waals surface area (Å²) in [5.41, 5.74) is 1.84. The van der Waals surface area contributed by atoms with Crippen LogP contribution in [0.25, 0.3) is 10.2 Å². The Labute approximate surface area is 178 Å². The number of ether oxygens (including phenoxy) is 1. The summed E-state index contributed by atoms with van der Waals surface area (Å²) in [7, 11) is 0. The van der Waals surface area contributed by atoms with Crippen molar-refractivity contribution >= 4 is 39.1 Å². The predicted octanol–water partition coefficient (Wildman–Crippen LogP) is 4.23. The lowest BCUT2D eigenvalue weighted by Crippen LogP contribution is -2.31. The molecule has 8 heteroatoms. The zero-order valence-electron chi connectivity index (χ0n) is 17.7. The Balaban J connectivity index is 1.96. The van der Waals surface area contributed by atoms with E-state index in [4.69, 9.17) is 4.74 Å². The first-order chi connectivity index (χ1) is 14.2. The van der Waals surface area contributed by atoms with Gasteiger partial charge in [-0.1, -0.05) is 25.1 Å². The number of fused-ring (bicyclic) bond motifs is 1. The minimum atomic E-state index is -0.813. The van der Waals surface area contributed by atoms with Gasteiger partial charge in [-0.3, -0.25) is 14.2 Å². The van der Waals surface area contributed by atoms with Crippen LogP contribution in [0.3, 0.4) is 0 Å². The van der Waals surface area contributed by atoms with Crippen LogP contribution >= 0.6 is 11.3 Å². The monoisotopic (exact) mass is 427 g/mol. The first-order valence-corrected chi connectivity index (χ1v) is 10.6. The molecule has 158 valence electrons. The molecule has 3 aromatic rings. The van der Waals surface area contributed by atoms with Crippen molar-refractivity contribution in [1.29, 1.82) is 0 Å². The Morgan fingerprint density at radius 1 is 1.23 bits per heavy atom. The van der Waals surface area contributed by atoms with Crippen LogP contribution in [0, 0.1) is 13.8 Å². The standard InChI is InChI=1S/C22H25N3O4S/c1-6-13(3)29-22(28)15(5)25-11-23-20-17(21(25)27)14(4)18(30-20)19(26)24-16-10-8-7-9-12(16)2/h7-11,13,15H,6H2,1-5H3,(H,24,26)/t13-,15+/m1/s1. The first-order valence-electron chi connectivity index (χ1n) is 9.82. The average Bonchev–Trinajstić information content (AvgIpc) is 3.06. The van der Waals surface area contributed by atoms with Crippen LogP contribution in [0.4, 0.5) is 5.69 Å². The van der Waals surface area contributed by atoms with E-state index in [1.165, 1.54) is 10.9 Å². The highest BCUT2D eigenvalue weighted by Crippen LogP contribution is 2.28. The Bertz CT molecular complexity index is 1160. The fourth-order valence-electron chi connectivity index (χ4n) is 3.02. The number of hydrogen-bond donors (Lipinski definition) is 1. The van der Waals surface area contributed by atoms with Crippen LogP contribution in [0.2, 0.25) is 0 Å². The lowest BCUT2D eigenvalue weighted by Gasteiger charge is -2.17. The molecule has 2 heterocycles. The molecule has 0 fully saturated rings. The third-order valence-corrected chi connectivity index (χ3v) is 6.32. The molecular formula is C22H25N3O4S. The molecule has 0 saturated heterocycles. The van der Waals surface area contributed by atoms with Gasteiger partial charge in [0, 0.05) is 5.69 Å². The Morgan fingerprint density at radius 3 is 2.60 bits per heavy atom. The number of aryl methyl sites for hydroxylation is 2. The molecule has 2 aromatic heterocycles. The zero-order chi connectivity index (χ0) is 22.0. The molecule has 0 radical (unpaired) electrons. The Morgan fingerprint density at radius 2 is 1.93 bits per heavy atom. The van der Waals surface area contributed by atoms with Crippen LogP contribution in [-0.4, -0.2) is 27.5 Å². The van der Waals surface area contributed by atoms with Gasteiger partial charge in [-0.25, -0.2) is 9.78 Å². The van der Waals surface area contributed by atoms with E-state index in [1.807, 2.05) is 38.1 Å². The number of anilines is 1. The van der Waals surface area contributed by atoms with E-state index in [9.17, 15) is 14.4 Å². The van der Waals surface area contributed by atoms with Crippen LogP contribution in [-0.2, 0) is 9.53 Å². The number of nitrogens with one attached hydrogen (secondary N) is 1. The van der Waals surface area contributed by atoms with Gasteiger partial charge in [0.05, 0.1) is 22.7 Å². The van der Waals surface area contributed by atoms with E-state index >= 15 is 0 Å². The number of nitrogens with zero attached hydrogens (tertiary/aromatic N) is 2. The second kappa shape index (κ2) is 8.79. The van der Waals surface area contributed by atoms with E-state index in [1.54, 1.807) is 20.8 Å². The average molecular weight is 428 g/mol. The maximum Gasteiger partial charge on any atom is 0.329 e. The predicted molar refractivity (Wildman–Crippen MR) is 118 cm³/mol. The minimum Gasteiger partial charge on any atom is -0.461 e. The van der Waals surface area contributed by atoms with Crippen molar-refractivity contribution in [2.24, 2.45) is 0 Å². The third-order valence-electron chi connectivity index (χ3n) is 5.13. The fraction of sp³-hybridized carbons (Fsp3) is 0.364. The van der Waals surface area contributed by atoms with Crippen LogP contribution < -0.4 is 10.9 Å². The molecule has 0 unspecified atom stereocenters. The van der Waals surface area contributed by atoms with Crippen molar-refractivity contribution in [3.8, 4) is 0 Å². The molecule has 1 amide bonds. The van der Waals surface area contributed by atoms with Gasteiger partial charge in [0.2, 0.25) is 0 Å². The molecule has 7 nitrogen and oxygen atoms in total. The SMILES string of the molecule is CC[C@@H](C)OC(=O)[C@H](C)n1cnc2sc(C(=O)Nc3ccccc3C)c(C)c2c1=O. The van der Waals surface area contributed by atoms with Gasteiger partial charge < -0.3 is 10.1 Å². The summed E-state index contributed by atoms with van der Waals surface area (Å²) >= 11 is 1.16. The number of carbonyl (C=O) groups excluding carboxylic acids is 2. The molecule has 0 saturated carbocycles. The van der Waals surface area contributed by atoms with E-state index in [0.717, 1.165) is 16.9 Å². The molecule has 0 bridgehead atoms. The van der Waals surface area contributed by atoms with Gasteiger partial charge in [-0.2, -0.15) is 0 Å². The molecule has 3 rings (SSSR count). The third kappa shape index (κ3) is 4.14. The topological polar surface area (TPSA) is 90.3 Å². The fourth-order valence-corrected chi connectivity index (χ4v) is 4.05. The lowest BCUT2D eigenvalue weighted by atomic mass is 10.1. The van der Waals surface area contributed by atoms with E-state index in [0.29, 0.717) is 32.8 Å². The summed E-state index contributed by atoms with van der Waals surface area (Å²) in [6.07, 6.45) is 1.80. The van der Waals surface area contributed by atoms with Crippen LogP contribution in [0.1, 0.15) is 54.0 Å². The summed E-state index contributed by atoms with van der Waals surface area (Å²) < 4.78 is 6.61. The van der Waals surface area contributed by atoms with Gasteiger partial charge in [-0.05, 0) is 51.3 Å². The van der Waals surface area contributed by atoms with Crippen LogP contribution in [0.15, 0.2) is 35.4 Å². The van der Waals surface area contributed by atoms with Crippen LogP contribution in [0.5, 0.6) is 0 Å². The van der Waals surface area contributed by atoms with E-state index in [2.05, 4.69) is 10.3 Å². The highest BCUT2D eigenvalue weighted by atomic mass is 32.1. The zero-order valence-corrected chi connectivity index (χ0v) is 18.5. The molecule has 30 heavy (non-hydrogen) atoms. The maximum absolute atomic E-state index is 13.1. The molecule has 1 N–H and O–H groups in total. The summed E-state index contributed by atoms with van der Waals surface area (Å²) in [5.74, 6) is -0.780. The first kappa shape index (κ1) is 21.7. The number of thiophene rings is 1. The number of rotatable bonds is 6. The largest absolute Gasteiger partial charge is 0.461 e. The number of aromatic nitrogens is 2. The van der Waals surface area contributed by atoms with Crippen molar-refractivity contribution in [2.45, 2.75) is 53.2 Å². The van der Waals surface area contributed by atoms with E-state index < -0.39 is 12.0 Å². The highest BCUT2D eigenvalue weighted by molar-refractivity contribution is 7.20. The van der Waals surface area contributed by atoms with E-state index in [-0.39, 0.29) is 17.6 Å². The van der Waals surface area contributed by atoms with Gasteiger partial charge in [0.25, 0.3) is 11.5 Å². The van der Waals surface area contributed by atoms with Gasteiger partial charge in [-0.15, -0.1) is 11.3 Å². The number of benzene rings is 1. The molecule has 2 atom stereocenters. The van der Waals surface area contributed by atoms with Crippen molar-refractivity contribution in [1.82, 2.24) is 9.55 Å². The molecule has 0 spiro atoms. The number of esters is 1. The molecule has 0 aliphatic carbocycles. The summed E-state index contributed by atoms with van der Waals surface area (Å²) in [4.78, 5) is 43.5. The molecule has 0 aliphatic rings. The maximum atomic E-state index is 13.1. The highest BCUT2D eigenvalue weighted by Gasteiger charge is 2.24. The second-order valence-electron chi connectivity index (χ2n) is 7.29. The molecular weight excluding hydrogens is 402 g/mol. The van der Waals surface area contributed by atoms with Gasteiger partial charge >= 0.3 is 5.97 Å². The van der Waals surface area contributed by atoms with Crippen molar-refractivity contribution in [3.63, 3.8) is 0 Å². The van der Waals surface area contributed by atoms with Crippen molar-refractivity contribution in [2.75, 3.05) is 5.32 Å². The van der Waals surface area contributed by atoms with Crippen molar-refractivity contribution < 1.29 is 14.3 Å².